The Labute approximate surface area is 178 Å². The summed E-state index contributed by atoms with van der Waals surface area (Å²) in [5, 5.41) is 4.50. The Hall–Kier alpha value is -2.60. The smallest absolute Gasteiger partial charge is 0.283 e. The minimum absolute atomic E-state index is 0.274. The number of allylic oxidation sites excluding steroid dienone is 1. The maximum Gasteiger partial charge on any atom is 0.283 e. The van der Waals surface area contributed by atoms with Gasteiger partial charge in [-0.3, -0.25) is 4.68 Å². The summed E-state index contributed by atoms with van der Waals surface area (Å²) in [4.78, 5) is 4.82. The fraction of sp³-hybridized carbons (Fsp3) is 0.500. The lowest BCUT2D eigenvalue weighted by Gasteiger charge is -2.46. The Morgan fingerprint density at radius 2 is 2.07 bits per heavy atom. The van der Waals surface area contributed by atoms with Crippen molar-refractivity contribution in [2.45, 2.75) is 63.6 Å². The van der Waals surface area contributed by atoms with E-state index in [0.29, 0.717) is 13.2 Å². The topological polar surface area (TPSA) is 74.7 Å². The molecule has 1 unspecified atom stereocenters. The highest BCUT2D eigenvalue weighted by molar-refractivity contribution is 5.74. The molecule has 1 aromatic carbocycles. The van der Waals surface area contributed by atoms with E-state index in [1.807, 2.05) is 17.0 Å². The largest absolute Gasteiger partial charge is 0.459 e. The van der Waals surface area contributed by atoms with Crippen LogP contribution in [0.5, 0.6) is 0 Å². The van der Waals surface area contributed by atoms with Gasteiger partial charge in [-0.1, -0.05) is 25.1 Å². The average Bonchev–Trinajstić information content (AvgIpc) is 3.17. The van der Waals surface area contributed by atoms with Crippen LogP contribution in [0.25, 0.3) is 11.1 Å². The Morgan fingerprint density at radius 3 is 2.80 bits per heavy atom. The highest BCUT2D eigenvalue weighted by Crippen LogP contribution is 2.45. The van der Waals surface area contributed by atoms with Gasteiger partial charge in [-0.2, -0.15) is 5.10 Å². The molecular weight excluding hydrogens is 376 g/mol. The standard InChI is InChI=1S/C24H32N4O2/c1-4-6-18-7-8-19(20-15-26-28(16-20)11-5-2)14-21(18)23(3)17-24(30-22(25)27-23)9-12-29-13-10-24/h4,7-8,14-16H,1,5-6,9-13,17H2,2-3H3,(H2,25,27). The van der Waals surface area contributed by atoms with Crippen molar-refractivity contribution in [3.8, 4) is 11.1 Å². The summed E-state index contributed by atoms with van der Waals surface area (Å²) in [6.07, 6.45) is 10.3. The molecule has 4 rings (SSSR count). The molecule has 2 N–H and O–H groups in total. The van der Waals surface area contributed by atoms with Gasteiger partial charge >= 0.3 is 0 Å². The van der Waals surface area contributed by atoms with Gasteiger partial charge in [0.25, 0.3) is 6.02 Å². The van der Waals surface area contributed by atoms with Gasteiger partial charge in [0.05, 0.1) is 24.9 Å². The number of hydrogen-bond acceptors (Lipinski definition) is 5. The third kappa shape index (κ3) is 4.01. The normalized spacial score (nSPS) is 23.1. The van der Waals surface area contributed by atoms with E-state index in [1.54, 1.807) is 0 Å². The molecule has 6 heteroatoms. The predicted molar refractivity (Wildman–Crippen MR) is 119 cm³/mol. The molecule has 0 radical (unpaired) electrons. The number of aliphatic imine (C=N–C) groups is 1. The van der Waals surface area contributed by atoms with E-state index in [1.165, 1.54) is 11.1 Å². The van der Waals surface area contributed by atoms with Gasteiger partial charge in [0, 0.05) is 37.6 Å². The predicted octanol–water partition coefficient (Wildman–Crippen LogP) is 4.19. The highest BCUT2D eigenvalue weighted by Gasteiger charge is 2.47. The van der Waals surface area contributed by atoms with E-state index in [-0.39, 0.29) is 11.6 Å². The van der Waals surface area contributed by atoms with Crippen LogP contribution in [0.4, 0.5) is 0 Å². The van der Waals surface area contributed by atoms with Crippen molar-refractivity contribution >= 4 is 6.02 Å². The molecule has 1 spiro atoms. The zero-order chi connectivity index (χ0) is 21.2. The molecule has 6 nitrogen and oxygen atoms in total. The van der Waals surface area contributed by atoms with E-state index in [4.69, 9.17) is 20.2 Å². The van der Waals surface area contributed by atoms with Crippen molar-refractivity contribution in [1.82, 2.24) is 9.78 Å². The first-order valence-corrected chi connectivity index (χ1v) is 10.9. The molecule has 1 fully saturated rings. The lowest BCUT2D eigenvalue weighted by molar-refractivity contribution is -0.0794. The van der Waals surface area contributed by atoms with Crippen molar-refractivity contribution in [3.63, 3.8) is 0 Å². The number of ether oxygens (including phenoxy) is 2. The fourth-order valence-corrected chi connectivity index (χ4v) is 4.82. The molecule has 0 saturated carbocycles. The van der Waals surface area contributed by atoms with Gasteiger partial charge in [0.15, 0.2) is 0 Å². The molecule has 30 heavy (non-hydrogen) atoms. The molecule has 160 valence electrons. The van der Waals surface area contributed by atoms with E-state index in [2.05, 4.69) is 49.9 Å². The summed E-state index contributed by atoms with van der Waals surface area (Å²) in [5.41, 5.74) is 10.1. The second kappa shape index (κ2) is 8.26. The Morgan fingerprint density at radius 1 is 1.27 bits per heavy atom. The molecule has 0 aliphatic carbocycles. The van der Waals surface area contributed by atoms with Gasteiger partial charge in [0.2, 0.25) is 0 Å². The molecule has 0 amide bonds. The van der Waals surface area contributed by atoms with Crippen molar-refractivity contribution in [2.24, 2.45) is 10.7 Å². The highest BCUT2D eigenvalue weighted by atomic mass is 16.5. The van der Waals surface area contributed by atoms with Crippen molar-refractivity contribution in [1.29, 1.82) is 0 Å². The molecule has 0 bridgehead atoms. The van der Waals surface area contributed by atoms with Crippen LogP contribution in [0.15, 0.2) is 48.2 Å². The lowest BCUT2D eigenvalue weighted by Crippen LogP contribution is -2.51. The van der Waals surface area contributed by atoms with Crippen LogP contribution in [0.1, 0.15) is 50.7 Å². The number of amidine groups is 1. The lowest BCUT2D eigenvalue weighted by atomic mass is 9.74. The minimum atomic E-state index is -0.465. The number of nitrogens with two attached hydrogens (primary N) is 1. The number of aryl methyl sites for hydroxylation is 1. The van der Waals surface area contributed by atoms with E-state index >= 15 is 0 Å². The summed E-state index contributed by atoms with van der Waals surface area (Å²) >= 11 is 0. The summed E-state index contributed by atoms with van der Waals surface area (Å²) in [6, 6.07) is 6.88. The van der Waals surface area contributed by atoms with E-state index < -0.39 is 5.54 Å². The first-order valence-electron chi connectivity index (χ1n) is 10.9. The van der Waals surface area contributed by atoms with E-state index in [0.717, 1.165) is 49.8 Å². The van der Waals surface area contributed by atoms with Gasteiger partial charge in [-0.15, -0.1) is 6.58 Å². The zero-order valence-corrected chi connectivity index (χ0v) is 18.1. The average molecular weight is 409 g/mol. The number of rotatable bonds is 6. The molecule has 1 aromatic heterocycles. The third-order valence-corrected chi connectivity index (χ3v) is 6.22. The Bertz CT molecular complexity index is 942. The summed E-state index contributed by atoms with van der Waals surface area (Å²) in [7, 11) is 0. The quantitative estimate of drug-likeness (QED) is 0.728. The first-order chi connectivity index (χ1) is 14.5. The van der Waals surface area contributed by atoms with Crippen LogP contribution >= 0.6 is 0 Å². The van der Waals surface area contributed by atoms with Gasteiger partial charge < -0.3 is 15.2 Å². The van der Waals surface area contributed by atoms with Crippen LogP contribution in [0.3, 0.4) is 0 Å². The monoisotopic (exact) mass is 408 g/mol. The molecule has 2 aliphatic rings. The van der Waals surface area contributed by atoms with Crippen LogP contribution in [0, 0.1) is 0 Å². The van der Waals surface area contributed by atoms with Crippen molar-refractivity contribution in [3.05, 3.63) is 54.4 Å². The van der Waals surface area contributed by atoms with Gasteiger partial charge in [0.1, 0.15) is 5.60 Å². The Kier molecular flexibility index (Phi) is 5.69. The first kappa shape index (κ1) is 20.7. The molecular formula is C24H32N4O2. The maximum atomic E-state index is 6.22. The molecule has 3 heterocycles. The summed E-state index contributed by atoms with van der Waals surface area (Å²) in [5.74, 6) is 0. The third-order valence-electron chi connectivity index (χ3n) is 6.22. The number of nitrogens with zero attached hydrogens (tertiary/aromatic N) is 3. The molecule has 2 aliphatic heterocycles. The second-order valence-corrected chi connectivity index (χ2v) is 8.65. The van der Waals surface area contributed by atoms with Gasteiger partial charge in [-0.25, -0.2) is 4.99 Å². The molecule has 1 atom stereocenters. The maximum absolute atomic E-state index is 6.22. The second-order valence-electron chi connectivity index (χ2n) is 8.65. The SMILES string of the molecule is C=CCc1ccc(-c2cnn(CCC)c2)cc1C1(C)CC2(CCOCC2)OC(N)=N1. The van der Waals surface area contributed by atoms with Crippen LogP contribution in [-0.4, -0.2) is 34.6 Å². The van der Waals surface area contributed by atoms with Crippen molar-refractivity contribution in [2.75, 3.05) is 13.2 Å². The Balaban J connectivity index is 1.76. The number of aromatic nitrogens is 2. The summed E-state index contributed by atoms with van der Waals surface area (Å²) in [6.45, 7) is 10.6. The van der Waals surface area contributed by atoms with Crippen LogP contribution in [-0.2, 0) is 28.0 Å². The van der Waals surface area contributed by atoms with Crippen LogP contribution in [0.2, 0.25) is 0 Å². The minimum Gasteiger partial charge on any atom is -0.459 e. The zero-order valence-electron chi connectivity index (χ0n) is 18.1. The summed E-state index contributed by atoms with van der Waals surface area (Å²) < 4.78 is 13.7. The number of hydrogen-bond donors (Lipinski definition) is 1. The van der Waals surface area contributed by atoms with E-state index in [9.17, 15) is 0 Å². The molecule has 2 aromatic rings. The van der Waals surface area contributed by atoms with Crippen LogP contribution < -0.4 is 5.73 Å². The van der Waals surface area contributed by atoms with Gasteiger partial charge in [-0.05, 0) is 42.5 Å². The number of benzene rings is 1. The molecule has 1 saturated heterocycles. The fourth-order valence-electron chi connectivity index (χ4n) is 4.82. The van der Waals surface area contributed by atoms with Crippen molar-refractivity contribution < 1.29 is 9.47 Å².